The molecule has 4 aromatic rings. The van der Waals surface area contributed by atoms with Gasteiger partial charge in [0, 0.05) is 16.8 Å². The Balaban J connectivity index is 1.47. The van der Waals surface area contributed by atoms with Crippen LogP contribution in [-0.4, -0.2) is 20.1 Å². The standard InChI is InChI=1S/C31H29ClN2O4S/c1-20-8-15-26(16-9-20)39(37,38)34-25-14-17-27(28(32)19-25)30(36)33-24-7-5-6-22(18-24)29(35)21-10-12-23(13-11-21)31(2,3)4/h5-19,34H,1-4H3,(H,33,36). The number of carbonyl (C=O) groups is 2. The van der Waals surface area contributed by atoms with E-state index in [4.69, 9.17) is 11.6 Å². The summed E-state index contributed by atoms with van der Waals surface area (Å²) in [7, 11) is -3.82. The average Bonchev–Trinajstić information content (AvgIpc) is 2.88. The van der Waals surface area contributed by atoms with Crippen molar-refractivity contribution in [2.45, 2.75) is 38.0 Å². The molecular formula is C31H29ClN2O4S. The molecule has 0 aliphatic rings. The molecule has 6 nitrogen and oxygen atoms in total. The summed E-state index contributed by atoms with van der Waals surface area (Å²) in [5, 5.41) is 2.83. The van der Waals surface area contributed by atoms with E-state index < -0.39 is 15.9 Å². The van der Waals surface area contributed by atoms with Crippen LogP contribution in [0.2, 0.25) is 5.02 Å². The van der Waals surface area contributed by atoms with Gasteiger partial charge in [-0.25, -0.2) is 8.42 Å². The third kappa shape index (κ3) is 6.74. The van der Waals surface area contributed by atoms with Crippen molar-refractivity contribution in [1.82, 2.24) is 0 Å². The average molecular weight is 561 g/mol. The second-order valence-electron chi connectivity index (χ2n) is 10.3. The second kappa shape index (κ2) is 11.0. The van der Waals surface area contributed by atoms with Crippen LogP contribution < -0.4 is 10.0 Å². The first-order chi connectivity index (χ1) is 18.3. The summed E-state index contributed by atoms with van der Waals surface area (Å²) >= 11 is 6.34. The van der Waals surface area contributed by atoms with Crippen molar-refractivity contribution in [1.29, 1.82) is 0 Å². The predicted molar refractivity (Wildman–Crippen MR) is 156 cm³/mol. The van der Waals surface area contributed by atoms with Crippen LogP contribution in [0.15, 0.2) is 95.9 Å². The van der Waals surface area contributed by atoms with Gasteiger partial charge in [-0.05, 0) is 60.4 Å². The fourth-order valence-electron chi connectivity index (χ4n) is 3.92. The smallest absolute Gasteiger partial charge is 0.261 e. The molecule has 0 atom stereocenters. The lowest BCUT2D eigenvalue weighted by molar-refractivity contribution is 0.102. The topological polar surface area (TPSA) is 92.3 Å². The maximum Gasteiger partial charge on any atom is 0.261 e. The van der Waals surface area contributed by atoms with Gasteiger partial charge >= 0.3 is 0 Å². The molecule has 0 saturated carbocycles. The quantitative estimate of drug-likeness (QED) is 0.233. The summed E-state index contributed by atoms with van der Waals surface area (Å²) in [6.07, 6.45) is 0. The highest BCUT2D eigenvalue weighted by Gasteiger charge is 2.18. The van der Waals surface area contributed by atoms with Crippen LogP contribution in [0.1, 0.15) is 58.2 Å². The van der Waals surface area contributed by atoms with Crippen molar-refractivity contribution < 1.29 is 18.0 Å². The second-order valence-corrected chi connectivity index (χ2v) is 12.4. The van der Waals surface area contributed by atoms with E-state index in [0.717, 1.165) is 11.1 Å². The zero-order chi connectivity index (χ0) is 28.4. The van der Waals surface area contributed by atoms with E-state index in [1.807, 2.05) is 31.2 Å². The molecule has 0 spiro atoms. The fourth-order valence-corrected chi connectivity index (χ4v) is 5.23. The molecule has 0 aromatic heterocycles. The normalized spacial score (nSPS) is 11.6. The molecule has 0 aliphatic heterocycles. The first-order valence-corrected chi connectivity index (χ1v) is 14.2. The van der Waals surface area contributed by atoms with Crippen LogP contribution >= 0.6 is 11.6 Å². The zero-order valence-corrected chi connectivity index (χ0v) is 23.7. The lowest BCUT2D eigenvalue weighted by Gasteiger charge is -2.19. The van der Waals surface area contributed by atoms with Crippen LogP contribution in [0.25, 0.3) is 0 Å². The third-order valence-corrected chi connectivity index (χ3v) is 7.90. The van der Waals surface area contributed by atoms with Crippen molar-refractivity contribution in [3.63, 3.8) is 0 Å². The summed E-state index contributed by atoms with van der Waals surface area (Å²) in [5.74, 6) is -0.651. The van der Waals surface area contributed by atoms with Crippen molar-refractivity contribution in [2.75, 3.05) is 10.0 Å². The Bertz CT molecular complexity index is 1640. The molecule has 0 radical (unpaired) electrons. The van der Waals surface area contributed by atoms with Crippen molar-refractivity contribution in [3.05, 3.63) is 124 Å². The van der Waals surface area contributed by atoms with E-state index in [2.05, 4.69) is 30.8 Å². The number of amides is 1. The lowest BCUT2D eigenvalue weighted by Crippen LogP contribution is -2.15. The number of aryl methyl sites for hydroxylation is 1. The van der Waals surface area contributed by atoms with Crippen LogP contribution in [0.5, 0.6) is 0 Å². The molecule has 0 saturated heterocycles. The Morgan fingerprint density at radius 3 is 2.05 bits per heavy atom. The highest BCUT2D eigenvalue weighted by atomic mass is 35.5. The van der Waals surface area contributed by atoms with Gasteiger partial charge < -0.3 is 5.32 Å². The maximum atomic E-state index is 13.1. The van der Waals surface area contributed by atoms with Gasteiger partial charge in [-0.15, -0.1) is 0 Å². The van der Waals surface area contributed by atoms with Gasteiger partial charge in [-0.3, -0.25) is 14.3 Å². The Morgan fingerprint density at radius 2 is 1.44 bits per heavy atom. The lowest BCUT2D eigenvalue weighted by atomic mass is 9.86. The van der Waals surface area contributed by atoms with E-state index in [1.54, 1.807) is 36.4 Å². The minimum atomic E-state index is -3.82. The largest absolute Gasteiger partial charge is 0.322 e. The number of ketones is 1. The minimum absolute atomic E-state index is 0.0172. The Morgan fingerprint density at radius 1 is 0.769 bits per heavy atom. The highest BCUT2D eigenvalue weighted by Crippen LogP contribution is 2.26. The van der Waals surface area contributed by atoms with Crippen molar-refractivity contribution in [3.8, 4) is 0 Å². The van der Waals surface area contributed by atoms with E-state index >= 15 is 0 Å². The molecule has 8 heteroatoms. The number of nitrogens with one attached hydrogen (secondary N) is 2. The number of hydrogen-bond donors (Lipinski definition) is 2. The van der Waals surface area contributed by atoms with Crippen molar-refractivity contribution >= 4 is 44.7 Å². The summed E-state index contributed by atoms with van der Waals surface area (Å²) in [6, 6.07) is 24.9. The molecular weight excluding hydrogens is 532 g/mol. The van der Waals surface area contributed by atoms with Gasteiger partial charge in [0.05, 0.1) is 21.2 Å². The number of carbonyl (C=O) groups excluding carboxylic acids is 2. The van der Waals surface area contributed by atoms with E-state index in [-0.39, 0.29) is 32.4 Å². The summed E-state index contributed by atoms with van der Waals surface area (Å²) in [6.45, 7) is 8.20. The summed E-state index contributed by atoms with van der Waals surface area (Å²) in [5.41, 5.74) is 3.85. The van der Waals surface area contributed by atoms with Gasteiger partial charge in [-0.1, -0.05) is 86.5 Å². The predicted octanol–water partition coefficient (Wildman–Crippen LogP) is 7.23. The fraction of sp³-hybridized carbons (Fsp3) is 0.161. The van der Waals surface area contributed by atoms with Gasteiger partial charge in [0.15, 0.2) is 5.78 Å². The molecule has 39 heavy (non-hydrogen) atoms. The number of sulfonamides is 1. The number of halogens is 1. The first-order valence-electron chi connectivity index (χ1n) is 12.3. The molecule has 2 N–H and O–H groups in total. The van der Waals surface area contributed by atoms with Crippen molar-refractivity contribution in [2.24, 2.45) is 0 Å². The summed E-state index contributed by atoms with van der Waals surface area (Å²) in [4.78, 5) is 26.1. The number of anilines is 2. The molecule has 0 heterocycles. The molecule has 0 aliphatic carbocycles. The molecule has 4 rings (SSSR count). The molecule has 0 bridgehead atoms. The zero-order valence-electron chi connectivity index (χ0n) is 22.1. The Labute approximate surface area is 234 Å². The minimum Gasteiger partial charge on any atom is -0.322 e. The van der Waals surface area contributed by atoms with Gasteiger partial charge in [-0.2, -0.15) is 0 Å². The highest BCUT2D eigenvalue weighted by molar-refractivity contribution is 7.92. The number of hydrogen-bond acceptors (Lipinski definition) is 4. The molecule has 0 fully saturated rings. The van der Waals surface area contributed by atoms with Gasteiger partial charge in [0.2, 0.25) is 0 Å². The maximum absolute atomic E-state index is 13.1. The van der Waals surface area contributed by atoms with Crippen LogP contribution in [0, 0.1) is 6.92 Å². The monoisotopic (exact) mass is 560 g/mol. The first kappa shape index (κ1) is 28.1. The van der Waals surface area contributed by atoms with E-state index in [0.29, 0.717) is 16.8 Å². The Kier molecular flexibility index (Phi) is 7.95. The van der Waals surface area contributed by atoms with E-state index in [9.17, 15) is 18.0 Å². The van der Waals surface area contributed by atoms with E-state index in [1.165, 1.54) is 30.3 Å². The SMILES string of the molecule is Cc1ccc(S(=O)(=O)Nc2ccc(C(=O)Nc3cccc(C(=O)c4ccc(C(C)(C)C)cc4)c3)c(Cl)c2)cc1. The van der Waals surface area contributed by atoms with Gasteiger partial charge in [0.25, 0.3) is 15.9 Å². The molecule has 0 unspecified atom stereocenters. The number of rotatable bonds is 7. The molecule has 4 aromatic carbocycles. The molecule has 200 valence electrons. The van der Waals surface area contributed by atoms with Crippen LogP contribution in [-0.2, 0) is 15.4 Å². The third-order valence-electron chi connectivity index (χ3n) is 6.19. The number of benzene rings is 4. The van der Waals surface area contributed by atoms with Crippen LogP contribution in [0.4, 0.5) is 11.4 Å². The van der Waals surface area contributed by atoms with Crippen LogP contribution in [0.3, 0.4) is 0 Å². The molecule has 1 amide bonds. The van der Waals surface area contributed by atoms with Gasteiger partial charge in [0.1, 0.15) is 0 Å². The summed E-state index contributed by atoms with van der Waals surface area (Å²) < 4.78 is 27.8. The Hall–Kier alpha value is -3.94.